The van der Waals surface area contributed by atoms with Crippen LogP contribution in [0.4, 0.5) is 0 Å². The molecule has 1 aromatic carbocycles. The molecule has 1 heterocycles. The number of aromatic amines is 1. The minimum absolute atomic E-state index is 0.0788. The number of H-pyrrole nitrogens is 1. The number of carbonyl (C=O) groups is 5. The van der Waals surface area contributed by atoms with Crippen molar-refractivity contribution in [1.82, 2.24) is 20.9 Å². The number of thiol groups is 1. The predicted molar refractivity (Wildman–Crippen MR) is 147 cm³/mol. The van der Waals surface area contributed by atoms with Crippen molar-refractivity contribution in [3.05, 3.63) is 36.0 Å². The second-order valence-electron chi connectivity index (χ2n) is 8.59. The molecule has 0 saturated heterocycles. The van der Waals surface area contributed by atoms with Gasteiger partial charge in [0.05, 0.1) is 6.04 Å². The van der Waals surface area contributed by atoms with Crippen LogP contribution in [0.1, 0.15) is 24.8 Å². The zero-order valence-corrected chi connectivity index (χ0v) is 22.5. The number of carboxylic acid groups (broad SMARTS) is 2. The molecular weight excluding hydrogens is 534 g/mol. The molecule has 208 valence electrons. The average molecular weight is 568 g/mol. The molecule has 0 spiro atoms. The largest absolute Gasteiger partial charge is 0.481 e. The molecule has 4 unspecified atom stereocenters. The topological polar surface area (TPSA) is 204 Å². The van der Waals surface area contributed by atoms with Gasteiger partial charge in [-0.1, -0.05) is 18.2 Å². The zero-order chi connectivity index (χ0) is 28.2. The fourth-order valence-electron chi connectivity index (χ4n) is 3.68. The molecule has 12 nitrogen and oxygen atoms in total. The summed E-state index contributed by atoms with van der Waals surface area (Å²) in [4.78, 5) is 63.9. The van der Waals surface area contributed by atoms with Gasteiger partial charge in [-0.15, -0.1) is 0 Å². The van der Waals surface area contributed by atoms with E-state index in [0.717, 1.165) is 16.5 Å². The molecule has 8 N–H and O–H groups in total. The van der Waals surface area contributed by atoms with E-state index in [-0.39, 0.29) is 25.0 Å². The van der Waals surface area contributed by atoms with Crippen molar-refractivity contribution in [3.63, 3.8) is 0 Å². The van der Waals surface area contributed by atoms with Crippen LogP contribution in [0.3, 0.4) is 0 Å². The number of amides is 3. The summed E-state index contributed by atoms with van der Waals surface area (Å²) in [5, 5.41) is 26.5. The smallest absolute Gasteiger partial charge is 0.326 e. The summed E-state index contributed by atoms with van der Waals surface area (Å²) >= 11 is 5.57. The van der Waals surface area contributed by atoms with E-state index < -0.39 is 60.2 Å². The van der Waals surface area contributed by atoms with Gasteiger partial charge in [-0.3, -0.25) is 19.2 Å². The molecule has 0 bridgehead atoms. The van der Waals surface area contributed by atoms with Gasteiger partial charge in [-0.25, -0.2) is 4.79 Å². The van der Waals surface area contributed by atoms with Gasteiger partial charge in [0.15, 0.2) is 0 Å². The van der Waals surface area contributed by atoms with Gasteiger partial charge in [0.1, 0.15) is 18.1 Å². The van der Waals surface area contributed by atoms with Crippen LogP contribution in [-0.4, -0.2) is 86.8 Å². The van der Waals surface area contributed by atoms with Crippen LogP contribution in [0.15, 0.2) is 30.5 Å². The summed E-state index contributed by atoms with van der Waals surface area (Å²) in [5.74, 6) is -4.23. The number of carbonyl (C=O) groups excluding carboxylic acids is 3. The summed E-state index contributed by atoms with van der Waals surface area (Å²) in [6.45, 7) is 0. The zero-order valence-electron chi connectivity index (χ0n) is 20.8. The fraction of sp³-hybridized carbons (Fsp3) is 0.458. The van der Waals surface area contributed by atoms with Crippen LogP contribution in [-0.2, 0) is 30.4 Å². The highest BCUT2D eigenvalue weighted by Gasteiger charge is 2.30. The lowest BCUT2D eigenvalue weighted by molar-refractivity contribution is -0.143. The summed E-state index contributed by atoms with van der Waals surface area (Å²) in [7, 11) is 0. The van der Waals surface area contributed by atoms with Gasteiger partial charge in [-0.05, 0) is 42.9 Å². The van der Waals surface area contributed by atoms with Crippen LogP contribution in [0.2, 0.25) is 0 Å². The molecule has 1 aromatic heterocycles. The Balaban J connectivity index is 2.03. The van der Waals surface area contributed by atoms with Crippen LogP contribution >= 0.6 is 24.4 Å². The number of hydrogen-bond donors (Lipinski definition) is 8. The van der Waals surface area contributed by atoms with Crippen molar-refractivity contribution in [2.45, 2.75) is 49.9 Å². The number of carboxylic acids is 2. The van der Waals surface area contributed by atoms with Crippen molar-refractivity contribution in [2.75, 3.05) is 17.8 Å². The SMILES string of the molecule is CSCCC(NC(=O)C(CS)NC(=O)C(N)Cc1c[nH]c2ccccc12)C(=O)NC(CCC(=O)O)C(=O)O. The van der Waals surface area contributed by atoms with E-state index in [1.807, 2.05) is 24.3 Å². The molecule has 4 atom stereocenters. The number of para-hydroxylation sites is 1. The molecule has 0 aliphatic rings. The van der Waals surface area contributed by atoms with E-state index in [2.05, 4.69) is 33.6 Å². The third kappa shape index (κ3) is 9.26. The standard InChI is InChI=1S/C24H33N5O7S2/c1-38-9-8-17(22(33)28-18(24(35)36)6-7-20(30)31)27-23(34)19(12-37)29-21(32)15(25)10-13-11-26-16-5-3-2-4-14(13)16/h2-5,11,15,17-19,26,37H,6-10,12,25H2,1H3,(H,27,34)(H,28,33)(H,29,32)(H,30,31)(H,35,36). The minimum atomic E-state index is -1.44. The first-order valence-corrected chi connectivity index (χ1v) is 13.9. The lowest BCUT2D eigenvalue weighted by Crippen LogP contribution is -2.58. The number of hydrogen-bond acceptors (Lipinski definition) is 8. The number of nitrogens with one attached hydrogen (secondary N) is 4. The van der Waals surface area contributed by atoms with Gasteiger partial charge >= 0.3 is 11.9 Å². The maximum atomic E-state index is 12.9. The lowest BCUT2D eigenvalue weighted by atomic mass is 10.0. The number of rotatable bonds is 16. The Kier molecular flexibility index (Phi) is 12.4. The first-order valence-electron chi connectivity index (χ1n) is 11.8. The Labute approximate surface area is 229 Å². The van der Waals surface area contributed by atoms with Crippen molar-refractivity contribution in [1.29, 1.82) is 0 Å². The van der Waals surface area contributed by atoms with Gasteiger partial charge in [0.2, 0.25) is 17.7 Å². The number of benzene rings is 1. The average Bonchev–Trinajstić information content (AvgIpc) is 3.29. The van der Waals surface area contributed by atoms with Crippen LogP contribution < -0.4 is 21.7 Å². The first-order chi connectivity index (χ1) is 18.1. The second kappa shape index (κ2) is 15.2. The van der Waals surface area contributed by atoms with E-state index in [4.69, 9.17) is 10.8 Å². The van der Waals surface area contributed by atoms with Gasteiger partial charge in [0, 0.05) is 29.3 Å². The summed E-state index contributed by atoms with van der Waals surface area (Å²) in [6, 6.07) is 2.97. The van der Waals surface area contributed by atoms with Gasteiger partial charge in [0.25, 0.3) is 0 Å². The summed E-state index contributed by atoms with van der Waals surface area (Å²) in [5.41, 5.74) is 7.86. The molecule has 2 rings (SSSR count). The molecule has 0 aliphatic heterocycles. The first kappa shape index (κ1) is 31.0. The van der Waals surface area contributed by atoms with E-state index in [9.17, 15) is 29.1 Å². The van der Waals surface area contributed by atoms with Crippen molar-refractivity contribution >= 4 is 65.0 Å². The third-order valence-electron chi connectivity index (χ3n) is 5.77. The minimum Gasteiger partial charge on any atom is -0.481 e. The van der Waals surface area contributed by atoms with Gasteiger partial charge in [-0.2, -0.15) is 24.4 Å². The molecule has 3 amide bonds. The quantitative estimate of drug-likeness (QED) is 0.130. The third-order valence-corrected chi connectivity index (χ3v) is 6.78. The number of nitrogens with two attached hydrogens (primary N) is 1. The number of aromatic nitrogens is 1. The molecule has 0 aliphatic carbocycles. The van der Waals surface area contributed by atoms with Gasteiger partial charge < -0.3 is 36.9 Å². The Morgan fingerprint density at radius 2 is 1.61 bits per heavy atom. The lowest BCUT2D eigenvalue weighted by Gasteiger charge is -2.24. The molecule has 0 saturated carbocycles. The Hall–Kier alpha value is -3.23. The van der Waals surface area contributed by atoms with Crippen LogP contribution in [0.25, 0.3) is 10.9 Å². The Morgan fingerprint density at radius 3 is 2.24 bits per heavy atom. The summed E-state index contributed by atoms with van der Waals surface area (Å²) < 4.78 is 0. The van der Waals surface area contributed by atoms with Crippen molar-refractivity contribution in [3.8, 4) is 0 Å². The highest BCUT2D eigenvalue weighted by molar-refractivity contribution is 7.98. The predicted octanol–water partition coefficient (Wildman–Crippen LogP) is 0.124. The monoisotopic (exact) mass is 567 g/mol. The highest BCUT2D eigenvalue weighted by Crippen LogP contribution is 2.18. The van der Waals surface area contributed by atoms with Crippen molar-refractivity contribution in [2.24, 2.45) is 5.73 Å². The molecule has 14 heteroatoms. The molecule has 0 radical (unpaired) electrons. The molecule has 0 fully saturated rings. The summed E-state index contributed by atoms with van der Waals surface area (Å²) in [6.07, 6.45) is 3.21. The highest BCUT2D eigenvalue weighted by atomic mass is 32.2. The maximum absolute atomic E-state index is 12.9. The molecular formula is C24H33N5O7S2. The fourth-order valence-corrected chi connectivity index (χ4v) is 4.41. The van der Waals surface area contributed by atoms with E-state index in [0.29, 0.717) is 5.75 Å². The van der Waals surface area contributed by atoms with E-state index in [1.165, 1.54) is 11.8 Å². The van der Waals surface area contributed by atoms with Crippen molar-refractivity contribution < 1.29 is 34.2 Å². The molecule has 38 heavy (non-hydrogen) atoms. The number of thioether (sulfide) groups is 1. The van der Waals surface area contributed by atoms with E-state index >= 15 is 0 Å². The normalized spacial score (nSPS) is 14.2. The van der Waals surface area contributed by atoms with Crippen LogP contribution in [0.5, 0.6) is 0 Å². The molecule has 2 aromatic rings. The number of fused-ring (bicyclic) bond motifs is 1. The Bertz CT molecular complexity index is 1140. The van der Waals surface area contributed by atoms with E-state index in [1.54, 1.807) is 12.5 Å². The maximum Gasteiger partial charge on any atom is 0.326 e. The second-order valence-corrected chi connectivity index (χ2v) is 9.94. The number of aliphatic carboxylic acids is 2. The van der Waals surface area contributed by atoms with Crippen LogP contribution in [0, 0.1) is 0 Å². The Morgan fingerprint density at radius 1 is 0.974 bits per heavy atom.